The molecule has 4 heteroatoms. The molecule has 1 heterocycles. The Morgan fingerprint density at radius 2 is 2.67 bits per heavy atom. The minimum absolute atomic E-state index is 0.0534. The van der Waals surface area contributed by atoms with E-state index in [0.717, 1.165) is 5.69 Å². The summed E-state index contributed by atoms with van der Waals surface area (Å²) in [5.41, 5.74) is 6.18. The van der Waals surface area contributed by atoms with Gasteiger partial charge in [-0.05, 0) is 0 Å². The van der Waals surface area contributed by atoms with Crippen molar-refractivity contribution in [1.29, 1.82) is 0 Å². The van der Waals surface area contributed by atoms with Gasteiger partial charge in [-0.1, -0.05) is 0 Å². The number of hydrogen-bond donors (Lipinski definition) is 3. The Labute approximate surface area is 52.7 Å². The van der Waals surface area contributed by atoms with Crippen molar-refractivity contribution in [3.63, 3.8) is 0 Å². The van der Waals surface area contributed by atoms with E-state index in [-0.39, 0.29) is 12.6 Å². The van der Waals surface area contributed by atoms with Crippen molar-refractivity contribution in [2.75, 3.05) is 6.61 Å². The first-order valence-corrected chi connectivity index (χ1v) is 2.69. The average molecular weight is 127 g/mol. The summed E-state index contributed by atoms with van der Waals surface area (Å²) in [6, 6.07) is -0.326. The zero-order chi connectivity index (χ0) is 6.69. The van der Waals surface area contributed by atoms with Crippen molar-refractivity contribution in [2.45, 2.75) is 6.04 Å². The van der Waals surface area contributed by atoms with E-state index in [4.69, 9.17) is 10.8 Å². The Morgan fingerprint density at radius 1 is 1.89 bits per heavy atom. The highest BCUT2D eigenvalue weighted by atomic mass is 16.3. The number of hydrogen-bond acceptors (Lipinski definition) is 3. The van der Waals surface area contributed by atoms with E-state index in [1.54, 1.807) is 6.20 Å². The van der Waals surface area contributed by atoms with Gasteiger partial charge >= 0.3 is 0 Å². The lowest BCUT2D eigenvalue weighted by atomic mass is 10.3. The van der Waals surface area contributed by atoms with Gasteiger partial charge in [0.1, 0.15) is 0 Å². The first-order chi connectivity index (χ1) is 4.34. The number of nitrogens with zero attached hydrogens (tertiary/aromatic N) is 1. The summed E-state index contributed by atoms with van der Waals surface area (Å²) in [5, 5.41) is 8.53. The van der Waals surface area contributed by atoms with Gasteiger partial charge in [-0.2, -0.15) is 0 Å². The zero-order valence-corrected chi connectivity index (χ0v) is 4.91. The third-order valence-electron chi connectivity index (χ3n) is 1.12. The fourth-order valence-corrected chi connectivity index (χ4v) is 0.568. The largest absolute Gasteiger partial charge is 0.394 e. The topological polar surface area (TPSA) is 74.9 Å². The normalized spacial score (nSPS) is 13.6. The first kappa shape index (κ1) is 6.25. The van der Waals surface area contributed by atoms with E-state index in [2.05, 4.69) is 9.97 Å². The van der Waals surface area contributed by atoms with Gasteiger partial charge in [0.05, 0.1) is 24.7 Å². The van der Waals surface area contributed by atoms with Crippen LogP contribution in [-0.2, 0) is 0 Å². The SMILES string of the molecule is N[C@H](CO)c1cnc[nH]1. The molecule has 0 bridgehead atoms. The smallest absolute Gasteiger partial charge is 0.0922 e. The van der Waals surface area contributed by atoms with Crippen molar-refractivity contribution in [3.05, 3.63) is 18.2 Å². The van der Waals surface area contributed by atoms with Crippen molar-refractivity contribution in [1.82, 2.24) is 9.97 Å². The van der Waals surface area contributed by atoms with Crippen LogP contribution in [0.15, 0.2) is 12.5 Å². The van der Waals surface area contributed by atoms with Crippen molar-refractivity contribution in [2.24, 2.45) is 5.73 Å². The lowest BCUT2D eigenvalue weighted by Crippen LogP contribution is -2.14. The van der Waals surface area contributed by atoms with Crippen molar-refractivity contribution >= 4 is 0 Å². The molecule has 0 aliphatic heterocycles. The van der Waals surface area contributed by atoms with Crippen LogP contribution in [0, 0.1) is 0 Å². The molecule has 0 aliphatic carbocycles. The molecule has 1 aromatic rings. The molecule has 4 N–H and O–H groups in total. The van der Waals surface area contributed by atoms with E-state index in [1.165, 1.54) is 6.33 Å². The molecular formula is C5H9N3O. The van der Waals surface area contributed by atoms with Crippen molar-refractivity contribution in [3.8, 4) is 0 Å². The third kappa shape index (κ3) is 1.28. The summed E-state index contributed by atoms with van der Waals surface area (Å²) in [7, 11) is 0. The standard InChI is InChI=1S/C5H9N3O/c6-4(2-9)5-1-7-3-8-5/h1,3-4,9H,2,6H2,(H,7,8)/t4-/m1/s1. The number of aromatic nitrogens is 2. The highest BCUT2D eigenvalue weighted by Crippen LogP contribution is 2.01. The van der Waals surface area contributed by atoms with Crippen LogP contribution in [0.5, 0.6) is 0 Å². The molecule has 0 saturated heterocycles. The molecule has 50 valence electrons. The van der Waals surface area contributed by atoms with E-state index in [0.29, 0.717) is 0 Å². The van der Waals surface area contributed by atoms with Gasteiger partial charge in [0, 0.05) is 6.20 Å². The lowest BCUT2D eigenvalue weighted by Gasteiger charge is -2.01. The molecule has 1 atom stereocenters. The highest BCUT2D eigenvalue weighted by molar-refractivity contribution is 5.00. The van der Waals surface area contributed by atoms with Gasteiger partial charge in [0.25, 0.3) is 0 Å². The molecule has 0 spiro atoms. The van der Waals surface area contributed by atoms with Crippen LogP contribution in [-0.4, -0.2) is 21.7 Å². The second-order valence-corrected chi connectivity index (χ2v) is 1.80. The number of nitrogens with two attached hydrogens (primary N) is 1. The minimum atomic E-state index is -0.326. The molecule has 0 aliphatic rings. The van der Waals surface area contributed by atoms with Gasteiger partial charge in [0.2, 0.25) is 0 Å². The Morgan fingerprint density at radius 3 is 3.11 bits per heavy atom. The quantitative estimate of drug-likeness (QED) is 0.496. The molecule has 0 amide bonds. The molecule has 0 aromatic carbocycles. The Hall–Kier alpha value is -0.870. The van der Waals surface area contributed by atoms with Crippen LogP contribution in [0.1, 0.15) is 11.7 Å². The number of H-pyrrole nitrogens is 1. The molecule has 9 heavy (non-hydrogen) atoms. The monoisotopic (exact) mass is 127 g/mol. The number of aromatic amines is 1. The maximum absolute atomic E-state index is 8.53. The van der Waals surface area contributed by atoms with Crippen LogP contribution in [0.4, 0.5) is 0 Å². The maximum Gasteiger partial charge on any atom is 0.0922 e. The maximum atomic E-state index is 8.53. The number of nitrogens with one attached hydrogen (secondary N) is 1. The predicted octanol–water partition coefficient (Wildman–Crippen LogP) is -0.598. The van der Waals surface area contributed by atoms with E-state index in [9.17, 15) is 0 Å². The summed E-state index contributed by atoms with van der Waals surface area (Å²) in [6.07, 6.45) is 3.13. The predicted molar refractivity (Wildman–Crippen MR) is 32.6 cm³/mol. The molecule has 1 rings (SSSR count). The first-order valence-electron chi connectivity index (χ1n) is 2.69. The molecule has 0 unspecified atom stereocenters. The second-order valence-electron chi connectivity index (χ2n) is 1.80. The van der Waals surface area contributed by atoms with Crippen LogP contribution in [0.2, 0.25) is 0 Å². The molecular weight excluding hydrogens is 118 g/mol. The van der Waals surface area contributed by atoms with Gasteiger partial charge in [0.15, 0.2) is 0 Å². The number of imidazole rings is 1. The number of aliphatic hydroxyl groups is 1. The van der Waals surface area contributed by atoms with Crippen LogP contribution < -0.4 is 5.73 Å². The van der Waals surface area contributed by atoms with E-state index < -0.39 is 0 Å². The third-order valence-corrected chi connectivity index (χ3v) is 1.12. The fraction of sp³-hybridized carbons (Fsp3) is 0.400. The van der Waals surface area contributed by atoms with E-state index >= 15 is 0 Å². The molecule has 0 saturated carbocycles. The molecule has 1 aromatic heterocycles. The lowest BCUT2D eigenvalue weighted by molar-refractivity contribution is 0.266. The second kappa shape index (κ2) is 2.61. The van der Waals surface area contributed by atoms with Gasteiger partial charge < -0.3 is 15.8 Å². The Balaban J connectivity index is 2.65. The summed E-state index contributed by atoms with van der Waals surface area (Å²) >= 11 is 0. The Kier molecular flexibility index (Phi) is 1.81. The van der Waals surface area contributed by atoms with Crippen molar-refractivity contribution < 1.29 is 5.11 Å². The van der Waals surface area contributed by atoms with Crippen LogP contribution in [0.25, 0.3) is 0 Å². The minimum Gasteiger partial charge on any atom is -0.394 e. The van der Waals surface area contributed by atoms with Gasteiger partial charge in [-0.3, -0.25) is 0 Å². The molecule has 0 fully saturated rings. The summed E-state index contributed by atoms with van der Waals surface area (Å²) in [6.45, 7) is -0.0534. The van der Waals surface area contributed by atoms with Crippen LogP contribution in [0.3, 0.4) is 0 Å². The summed E-state index contributed by atoms with van der Waals surface area (Å²) < 4.78 is 0. The zero-order valence-electron chi connectivity index (χ0n) is 4.91. The number of rotatable bonds is 2. The Bertz CT molecular complexity index is 161. The average Bonchev–Trinajstić information content (AvgIpc) is 2.37. The summed E-state index contributed by atoms with van der Waals surface area (Å²) in [4.78, 5) is 6.54. The highest BCUT2D eigenvalue weighted by Gasteiger charge is 2.02. The van der Waals surface area contributed by atoms with Crippen LogP contribution >= 0.6 is 0 Å². The molecule has 4 nitrogen and oxygen atoms in total. The van der Waals surface area contributed by atoms with Gasteiger partial charge in [-0.15, -0.1) is 0 Å². The van der Waals surface area contributed by atoms with E-state index in [1.807, 2.05) is 0 Å². The molecule has 0 radical (unpaired) electrons. The van der Waals surface area contributed by atoms with Gasteiger partial charge in [-0.25, -0.2) is 4.98 Å². The number of aliphatic hydroxyl groups excluding tert-OH is 1. The fourth-order valence-electron chi connectivity index (χ4n) is 0.568. The summed E-state index contributed by atoms with van der Waals surface area (Å²) in [5.74, 6) is 0.